The van der Waals surface area contributed by atoms with E-state index in [1.165, 1.54) is 7.11 Å². The van der Waals surface area contributed by atoms with E-state index < -0.39 is 16.1 Å². The van der Waals surface area contributed by atoms with Crippen molar-refractivity contribution in [3.05, 3.63) is 59.2 Å². The zero-order valence-electron chi connectivity index (χ0n) is 13.4. The van der Waals surface area contributed by atoms with Crippen molar-refractivity contribution in [3.63, 3.8) is 0 Å². The molecule has 0 aliphatic carbocycles. The van der Waals surface area contributed by atoms with Gasteiger partial charge in [-0.15, -0.1) is 0 Å². The van der Waals surface area contributed by atoms with E-state index in [9.17, 15) is 13.5 Å². The Morgan fingerprint density at radius 3 is 2.57 bits per heavy atom. The van der Waals surface area contributed by atoms with Gasteiger partial charge in [0.15, 0.2) is 0 Å². The summed E-state index contributed by atoms with van der Waals surface area (Å²) >= 11 is 0. The SMILES string of the molecule is COc1ccccc1[C@@H](O)CNS(=O)(=O)c1cc(C)ccc1C. The summed E-state index contributed by atoms with van der Waals surface area (Å²) < 4.78 is 32.5. The number of aliphatic hydroxyl groups is 1. The normalized spacial score (nSPS) is 12.9. The molecule has 0 saturated carbocycles. The first-order chi connectivity index (χ1) is 10.8. The van der Waals surface area contributed by atoms with Crippen molar-refractivity contribution in [3.8, 4) is 5.75 Å². The largest absolute Gasteiger partial charge is 0.496 e. The minimum Gasteiger partial charge on any atom is -0.496 e. The second-order valence-electron chi connectivity index (χ2n) is 5.38. The smallest absolute Gasteiger partial charge is 0.240 e. The second kappa shape index (κ2) is 7.12. The van der Waals surface area contributed by atoms with Crippen molar-refractivity contribution in [1.82, 2.24) is 4.72 Å². The fraction of sp³-hybridized carbons (Fsp3) is 0.294. The van der Waals surface area contributed by atoms with Crippen LogP contribution in [0.4, 0.5) is 0 Å². The van der Waals surface area contributed by atoms with E-state index in [2.05, 4.69) is 4.72 Å². The monoisotopic (exact) mass is 335 g/mol. The predicted molar refractivity (Wildman–Crippen MR) is 89.1 cm³/mol. The second-order valence-corrected chi connectivity index (χ2v) is 7.11. The van der Waals surface area contributed by atoms with Crippen LogP contribution in [0.1, 0.15) is 22.8 Å². The zero-order chi connectivity index (χ0) is 17.0. The summed E-state index contributed by atoms with van der Waals surface area (Å²) in [6.45, 7) is 3.45. The lowest BCUT2D eigenvalue weighted by Crippen LogP contribution is -2.29. The molecule has 0 amide bonds. The molecule has 2 rings (SSSR count). The number of hydrogen-bond acceptors (Lipinski definition) is 4. The third kappa shape index (κ3) is 4.10. The molecule has 124 valence electrons. The van der Waals surface area contributed by atoms with Gasteiger partial charge in [0.1, 0.15) is 5.75 Å². The Morgan fingerprint density at radius 1 is 1.17 bits per heavy atom. The standard InChI is InChI=1S/C17H21NO4S/c1-12-8-9-13(2)17(10-12)23(20,21)18-11-15(19)14-6-4-5-7-16(14)22-3/h4-10,15,18-19H,11H2,1-3H3/t15-/m0/s1. The van der Waals surface area contributed by atoms with Gasteiger partial charge < -0.3 is 9.84 Å². The summed E-state index contributed by atoms with van der Waals surface area (Å²) in [4.78, 5) is 0.227. The van der Waals surface area contributed by atoms with E-state index in [-0.39, 0.29) is 11.4 Å². The lowest BCUT2D eigenvalue weighted by Gasteiger charge is -2.16. The van der Waals surface area contributed by atoms with E-state index in [0.29, 0.717) is 16.9 Å². The summed E-state index contributed by atoms with van der Waals surface area (Å²) in [5.74, 6) is 0.519. The molecular formula is C17H21NO4S. The summed E-state index contributed by atoms with van der Waals surface area (Å²) in [5, 5.41) is 10.3. The van der Waals surface area contributed by atoms with Crippen LogP contribution in [0, 0.1) is 13.8 Å². The molecule has 0 spiro atoms. The highest BCUT2D eigenvalue weighted by Gasteiger charge is 2.20. The fourth-order valence-electron chi connectivity index (χ4n) is 2.31. The van der Waals surface area contributed by atoms with Crippen LogP contribution in [0.5, 0.6) is 5.75 Å². The van der Waals surface area contributed by atoms with Crippen LogP contribution in [0.3, 0.4) is 0 Å². The molecule has 23 heavy (non-hydrogen) atoms. The van der Waals surface area contributed by atoms with Gasteiger partial charge in [0.2, 0.25) is 10.0 Å². The van der Waals surface area contributed by atoms with Gasteiger partial charge in [0, 0.05) is 12.1 Å². The van der Waals surface area contributed by atoms with Crippen molar-refractivity contribution in [2.75, 3.05) is 13.7 Å². The van der Waals surface area contributed by atoms with Gasteiger partial charge in [-0.25, -0.2) is 13.1 Å². The van der Waals surface area contributed by atoms with Crippen LogP contribution >= 0.6 is 0 Å². The molecule has 2 aromatic rings. The average molecular weight is 335 g/mol. The number of benzene rings is 2. The number of ether oxygens (including phenoxy) is 1. The molecule has 0 aliphatic rings. The highest BCUT2D eigenvalue weighted by atomic mass is 32.2. The molecule has 0 fully saturated rings. The molecule has 2 aromatic carbocycles. The molecule has 0 unspecified atom stereocenters. The number of para-hydroxylation sites is 1. The van der Waals surface area contributed by atoms with Gasteiger partial charge in [-0.2, -0.15) is 0 Å². The fourth-order valence-corrected chi connectivity index (χ4v) is 3.68. The molecular weight excluding hydrogens is 314 g/mol. The molecule has 0 radical (unpaired) electrons. The van der Waals surface area contributed by atoms with Crippen LogP contribution in [-0.2, 0) is 10.0 Å². The van der Waals surface area contributed by atoms with Crippen LogP contribution in [0.15, 0.2) is 47.4 Å². The van der Waals surface area contributed by atoms with Gasteiger partial charge in [-0.05, 0) is 37.1 Å². The molecule has 0 heterocycles. The maximum Gasteiger partial charge on any atom is 0.240 e. The number of aryl methyl sites for hydroxylation is 2. The lowest BCUT2D eigenvalue weighted by molar-refractivity contribution is 0.177. The van der Waals surface area contributed by atoms with Crippen molar-refractivity contribution in [1.29, 1.82) is 0 Å². The van der Waals surface area contributed by atoms with E-state index >= 15 is 0 Å². The van der Waals surface area contributed by atoms with Gasteiger partial charge in [-0.1, -0.05) is 30.3 Å². The predicted octanol–water partition coefficient (Wildman–Crippen LogP) is 2.32. The Balaban J connectivity index is 2.17. The van der Waals surface area contributed by atoms with Gasteiger partial charge >= 0.3 is 0 Å². The van der Waals surface area contributed by atoms with Crippen LogP contribution < -0.4 is 9.46 Å². The van der Waals surface area contributed by atoms with Crippen LogP contribution in [0.2, 0.25) is 0 Å². The third-order valence-electron chi connectivity index (χ3n) is 3.60. The topological polar surface area (TPSA) is 75.6 Å². The highest BCUT2D eigenvalue weighted by Crippen LogP contribution is 2.25. The molecule has 6 heteroatoms. The molecule has 0 bridgehead atoms. The Kier molecular flexibility index (Phi) is 5.41. The van der Waals surface area contributed by atoms with Gasteiger partial charge in [0.05, 0.1) is 18.1 Å². The number of nitrogens with one attached hydrogen (secondary N) is 1. The minimum atomic E-state index is -3.69. The van der Waals surface area contributed by atoms with Crippen molar-refractivity contribution < 1.29 is 18.3 Å². The van der Waals surface area contributed by atoms with E-state index in [1.807, 2.05) is 13.0 Å². The number of aliphatic hydroxyl groups excluding tert-OH is 1. The molecule has 0 aromatic heterocycles. The Bertz CT molecular complexity index is 787. The average Bonchev–Trinajstić information content (AvgIpc) is 2.54. The Hall–Kier alpha value is -1.89. The first-order valence-electron chi connectivity index (χ1n) is 7.23. The number of methoxy groups -OCH3 is 1. The number of rotatable bonds is 6. The molecule has 1 atom stereocenters. The number of hydrogen-bond donors (Lipinski definition) is 2. The van der Waals surface area contributed by atoms with Gasteiger partial charge in [-0.3, -0.25) is 0 Å². The maximum atomic E-state index is 12.4. The van der Waals surface area contributed by atoms with E-state index in [0.717, 1.165) is 5.56 Å². The van der Waals surface area contributed by atoms with Crippen molar-refractivity contribution >= 4 is 10.0 Å². The van der Waals surface area contributed by atoms with E-state index in [1.54, 1.807) is 43.3 Å². The molecule has 0 aliphatic heterocycles. The summed E-state index contributed by atoms with van der Waals surface area (Å²) in [6.07, 6.45) is -0.994. The number of sulfonamides is 1. The molecule has 2 N–H and O–H groups in total. The highest BCUT2D eigenvalue weighted by molar-refractivity contribution is 7.89. The third-order valence-corrected chi connectivity index (χ3v) is 5.16. The molecule has 0 saturated heterocycles. The van der Waals surface area contributed by atoms with Crippen molar-refractivity contribution in [2.45, 2.75) is 24.8 Å². The zero-order valence-corrected chi connectivity index (χ0v) is 14.2. The lowest BCUT2D eigenvalue weighted by atomic mass is 10.1. The van der Waals surface area contributed by atoms with Crippen LogP contribution in [0.25, 0.3) is 0 Å². The summed E-state index contributed by atoms with van der Waals surface area (Å²) in [5.41, 5.74) is 2.06. The maximum absolute atomic E-state index is 12.4. The quantitative estimate of drug-likeness (QED) is 0.849. The minimum absolute atomic E-state index is 0.129. The summed E-state index contributed by atoms with van der Waals surface area (Å²) in [7, 11) is -2.18. The summed E-state index contributed by atoms with van der Waals surface area (Å²) in [6, 6.07) is 12.2. The Morgan fingerprint density at radius 2 is 1.87 bits per heavy atom. The first kappa shape index (κ1) is 17.5. The van der Waals surface area contributed by atoms with Crippen LogP contribution in [-0.4, -0.2) is 27.2 Å². The van der Waals surface area contributed by atoms with Gasteiger partial charge in [0.25, 0.3) is 0 Å². The van der Waals surface area contributed by atoms with E-state index in [4.69, 9.17) is 4.74 Å². The Labute approximate surface area is 137 Å². The van der Waals surface area contributed by atoms with Crippen molar-refractivity contribution in [2.24, 2.45) is 0 Å². The first-order valence-corrected chi connectivity index (χ1v) is 8.71. The molecule has 5 nitrogen and oxygen atoms in total.